The Morgan fingerprint density at radius 3 is 2.84 bits per heavy atom. The van der Waals surface area contributed by atoms with E-state index in [1.807, 2.05) is 0 Å². The maximum absolute atomic E-state index is 13.1. The molecule has 0 spiro atoms. The molecular formula is C15H21F2NO. The van der Waals surface area contributed by atoms with Crippen molar-refractivity contribution in [3.05, 3.63) is 35.4 Å². The van der Waals surface area contributed by atoms with Gasteiger partial charge in [-0.3, -0.25) is 0 Å². The van der Waals surface area contributed by atoms with Gasteiger partial charge in [-0.2, -0.15) is 0 Å². The molecule has 2 nitrogen and oxygen atoms in total. The number of benzene rings is 1. The van der Waals surface area contributed by atoms with E-state index < -0.39 is 17.7 Å². The number of hydrogen-bond donors (Lipinski definition) is 2. The summed E-state index contributed by atoms with van der Waals surface area (Å²) in [5, 5.41) is 13.5. The van der Waals surface area contributed by atoms with E-state index in [0.29, 0.717) is 17.9 Å². The van der Waals surface area contributed by atoms with Crippen molar-refractivity contribution >= 4 is 0 Å². The monoisotopic (exact) mass is 269 g/mol. The highest BCUT2D eigenvalue weighted by molar-refractivity contribution is 5.20. The van der Waals surface area contributed by atoms with E-state index in [-0.39, 0.29) is 6.04 Å². The molecule has 1 heterocycles. The lowest BCUT2D eigenvalue weighted by Gasteiger charge is -2.31. The fourth-order valence-electron chi connectivity index (χ4n) is 2.77. The molecule has 0 aromatic heterocycles. The molecule has 106 valence electrons. The van der Waals surface area contributed by atoms with Gasteiger partial charge in [-0.05, 0) is 49.4 Å². The van der Waals surface area contributed by atoms with E-state index in [2.05, 4.69) is 12.2 Å². The summed E-state index contributed by atoms with van der Waals surface area (Å²) in [6.45, 7) is 3.15. The van der Waals surface area contributed by atoms with E-state index >= 15 is 0 Å². The third-order valence-corrected chi connectivity index (χ3v) is 4.02. The van der Waals surface area contributed by atoms with Crippen LogP contribution in [0, 0.1) is 17.6 Å². The van der Waals surface area contributed by atoms with E-state index in [9.17, 15) is 13.9 Å². The standard InChI is InChI=1S/C15H21F2NO/c1-2-10-5-6-18-12(7-10)9-15(19)11-3-4-13(16)14(17)8-11/h3-4,8,10,12,15,18-19H,2,5-7,9H2,1H3. The second-order valence-corrected chi connectivity index (χ2v) is 5.37. The average Bonchev–Trinajstić information content (AvgIpc) is 2.42. The number of halogens is 2. The first kappa shape index (κ1) is 14.4. The molecule has 19 heavy (non-hydrogen) atoms. The van der Waals surface area contributed by atoms with Gasteiger partial charge < -0.3 is 10.4 Å². The molecule has 1 saturated heterocycles. The Bertz CT molecular complexity index is 425. The van der Waals surface area contributed by atoms with Crippen LogP contribution < -0.4 is 5.32 Å². The minimum atomic E-state index is -0.903. The van der Waals surface area contributed by atoms with E-state index in [4.69, 9.17) is 0 Å². The second-order valence-electron chi connectivity index (χ2n) is 5.37. The minimum absolute atomic E-state index is 0.252. The third-order valence-electron chi connectivity index (χ3n) is 4.02. The van der Waals surface area contributed by atoms with Gasteiger partial charge in [0.15, 0.2) is 11.6 Å². The first-order chi connectivity index (χ1) is 9.10. The molecule has 1 aromatic rings. The van der Waals surface area contributed by atoms with E-state index in [1.165, 1.54) is 12.5 Å². The molecule has 0 aliphatic carbocycles. The molecule has 4 heteroatoms. The zero-order valence-electron chi connectivity index (χ0n) is 11.2. The molecule has 2 N–H and O–H groups in total. The van der Waals surface area contributed by atoms with Gasteiger partial charge in [0.1, 0.15) is 0 Å². The average molecular weight is 269 g/mol. The Labute approximate surface area is 112 Å². The fraction of sp³-hybridized carbons (Fsp3) is 0.600. The summed E-state index contributed by atoms with van der Waals surface area (Å²) in [4.78, 5) is 0. The van der Waals surface area contributed by atoms with Crippen molar-refractivity contribution in [1.82, 2.24) is 5.32 Å². The van der Waals surface area contributed by atoms with Crippen molar-refractivity contribution < 1.29 is 13.9 Å². The summed E-state index contributed by atoms with van der Waals surface area (Å²) in [7, 11) is 0. The van der Waals surface area contributed by atoms with Crippen molar-refractivity contribution in [2.75, 3.05) is 6.54 Å². The molecule has 1 aliphatic rings. The van der Waals surface area contributed by atoms with Crippen molar-refractivity contribution in [3.8, 4) is 0 Å². The number of hydrogen-bond acceptors (Lipinski definition) is 2. The van der Waals surface area contributed by atoms with E-state index in [0.717, 1.165) is 31.5 Å². The smallest absolute Gasteiger partial charge is 0.159 e. The molecule has 1 aromatic carbocycles. The number of aliphatic hydroxyl groups is 1. The predicted octanol–water partition coefficient (Wildman–Crippen LogP) is 3.17. The van der Waals surface area contributed by atoms with Crippen molar-refractivity contribution in [3.63, 3.8) is 0 Å². The Kier molecular flexibility index (Phi) is 4.88. The fourth-order valence-corrected chi connectivity index (χ4v) is 2.77. The number of piperidine rings is 1. The topological polar surface area (TPSA) is 32.3 Å². The van der Waals surface area contributed by atoms with Crippen LogP contribution in [0.2, 0.25) is 0 Å². The van der Waals surface area contributed by atoms with Gasteiger partial charge in [-0.1, -0.05) is 19.4 Å². The van der Waals surface area contributed by atoms with Gasteiger partial charge in [-0.15, -0.1) is 0 Å². The molecule has 0 saturated carbocycles. The van der Waals surface area contributed by atoms with Gasteiger partial charge in [0.2, 0.25) is 0 Å². The van der Waals surface area contributed by atoms with Crippen LogP contribution in [-0.4, -0.2) is 17.7 Å². The van der Waals surface area contributed by atoms with Crippen LogP contribution >= 0.6 is 0 Å². The van der Waals surface area contributed by atoms with Crippen molar-refractivity contribution in [2.24, 2.45) is 5.92 Å². The molecule has 3 atom stereocenters. The lowest BCUT2D eigenvalue weighted by molar-refractivity contribution is 0.135. The number of rotatable bonds is 4. The number of aliphatic hydroxyl groups excluding tert-OH is 1. The summed E-state index contributed by atoms with van der Waals surface area (Å²) >= 11 is 0. The van der Waals surface area contributed by atoms with Gasteiger partial charge in [0.05, 0.1) is 6.10 Å². The van der Waals surface area contributed by atoms with Crippen LogP contribution in [0.5, 0.6) is 0 Å². The van der Waals surface area contributed by atoms with Gasteiger partial charge in [0.25, 0.3) is 0 Å². The quantitative estimate of drug-likeness (QED) is 0.880. The van der Waals surface area contributed by atoms with Crippen LogP contribution in [0.1, 0.15) is 44.3 Å². The van der Waals surface area contributed by atoms with Crippen LogP contribution in [-0.2, 0) is 0 Å². The van der Waals surface area contributed by atoms with Gasteiger partial charge in [-0.25, -0.2) is 8.78 Å². The summed E-state index contributed by atoms with van der Waals surface area (Å²) in [5.41, 5.74) is 0.444. The molecule has 1 fully saturated rings. The zero-order chi connectivity index (χ0) is 13.8. The Morgan fingerprint density at radius 2 is 2.16 bits per heavy atom. The van der Waals surface area contributed by atoms with Gasteiger partial charge >= 0.3 is 0 Å². The number of nitrogens with one attached hydrogen (secondary N) is 1. The molecule has 3 unspecified atom stereocenters. The predicted molar refractivity (Wildman–Crippen MR) is 70.7 cm³/mol. The Balaban J connectivity index is 1.96. The molecular weight excluding hydrogens is 248 g/mol. The van der Waals surface area contributed by atoms with Crippen molar-refractivity contribution in [2.45, 2.75) is 44.8 Å². The molecule has 0 radical (unpaired) electrons. The maximum Gasteiger partial charge on any atom is 0.159 e. The zero-order valence-corrected chi connectivity index (χ0v) is 11.2. The molecule has 1 aliphatic heterocycles. The third kappa shape index (κ3) is 3.74. The minimum Gasteiger partial charge on any atom is -0.388 e. The molecule has 0 bridgehead atoms. The highest BCUT2D eigenvalue weighted by Crippen LogP contribution is 2.26. The van der Waals surface area contributed by atoms with Crippen LogP contribution in [0.15, 0.2) is 18.2 Å². The van der Waals surface area contributed by atoms with Gasteiger partial charge in [0, 0.05) is 6.04 Å². The van der Waals surface area contributed by atoms with Crippen LogP contribution in [0.3, 0.4) is 0 Å². The SMILES string of the molecule is CCC1CCNC(CC(O)c2ccc(F)c(F)c2)C1. The highest BCUT2D eigenvalue weighted by Gasteiger charge is 2.23. The lowest BCUT2D eigenvalue weighted by Crippen LogP contribution is -2.38. The summed E-state index contributed by atoms with van der Waals surface area (Å²) in [6, 6.07) is 3.85. The Morgan fingerprint density at radius 1 is 1.37 bits per heavy atom. The van der Waals surface area contributed by atoms with Crippen molar-refractivity contribution in [1.29, 1.82) is 0 Å². The maximum atomic E-state index is 13.1. The first-order valence-electron chi connectivity index (χ1n) is 6.96. The Hall–Kier alpha value is -1.00. The van der Waals surface area contributed by atoms with Crippen LogP contribution in [0.25, 0.3) is 0 Å². The summed E-state index contributed by atoms with van der Waals surface area (Å²) in [6.07, 6.45) is 3.16. The lowest BCUT2D eigenvalue weighted by atomic mass is 9.87. The summed E-state index contributed by atoms with van der Waals surface area (Å²) in [5.74, 6) is -1.08. The second kappa shape index (κ2) is 6.44. The first-order valence-corrected chi connectivity index (χ1v) is 6.96. The van der Waals surface area contributed by atoms with Crippen LogP contribution in [0.4, 0.5) is 8.78 Å². The summed E-state index contributed by atoms with van der Waals surface area (Å²) < 4.78 is 26.0. The largest absolute Gasteiger partial charge is 0.388 e. The van der Waals surface area contributed by atoms with E-state index in [1.54, 1.807) is 0 Å². The normalized spacial score (nSPS) is 25.3. The highest BCUT2D eigenvalue weighted by atomic mass is 19.2. The molecule has 0 amide bonds. The molecule has 2 rings (SSSR count).